The highest BCUT2D eigenvalue weighted by Gasteiger charge is 2.17. The predicted octanol–water partition coefficient (Wildman–Crippen LogP) is 2.90. The first-order valence-electron chi connectivity index (χ1n) is 5.78. The predicted molar refractivity (Wildman–Crippen MR) is 56.1 cm³/mol. The van der Waals surface area contributed by atoms with E-state index < -0.39 is 0 Å². The van der Waals surface area contributed by atoms with Crippen LogP contribution in [0.5, 0.6) is 0 Å². The Labute approximate surface area is 86.1 Å². The lowest BCUT2D eigenvalue weighted by Crippen LogP contribution is -2.15. The molecule has 1 rings (SSSR count). The number of hydrogen-bond donors (Lipinski definition) is 0. The summed E-state index contributed by atoms with van der Waals surface area (Å²) in [6.07, 6.45) is 6.62. The molecule has 1 saturated carbocycles. The van der Waals surface area contributed by atoms with Crippen LogP contribution >= 0.6 is 0 Å². The first-order valence-corrected chi connectivity index (χ1v) is 5.78. The smallest absolute Gasteiger partial charge is 0.135 e. The SMILES string of the molecule is CCC1CCCC(=O)CCCCC1=O. The minimum Gasteiger partial charge on any atom is -0.300 e. The van der Waals surface area contributed by atoms with Crippen LogP contribution < -0.4 is 0 Å². The van der Waals surface area contributed by atoms with Crippen molar-refractivity contribution in [3.8, 4) is 0 Å². The zero-order chi connectivity index (χ0) is 10.4. The van der Waals surface area contributed by atoms with Gasteiger partial charge in [0.25, 0.3) is 0 Å². The third-order valence-electron chi connectivity index (χ3n) is 3.09. The van der Waals surface area contributed by atoms with Gasteiger partial charge in [-0.25, -0.2) is 0 Å². The van der Waals surface area contributed by atoms with Crippen molar-refractivity contribution >= 4 is 11.6 Å². The van der Waals surface area contributed by atoms with Crippen LogP contribution in [0.15, 0.2) is 0 Å². The molecule has 0 aromatic heterocycles. The zero-order valence-electron chi connectivity index (χ0n) is 9.05. The van der Waals surface area contributed by atoms with Gasteiger partial charge in [0.2, 0.25) is 0 Å². The molecule has 0 aromatic rings. The summed E-state index contributed by atoms with van der Waals surface area (Å²) in [4.78, 5) is 23.0. The Balaban J connectivity index is 2.46. The minimum atomic E-state index is 0.223. The van der Waals surface area contributed by atoms with Gasteiger partial charge in [0.1, 0.15) is 11.6 Å². The van der Waals surface area contributed by atoms with Crippen LogP contribution in [-0.4, -0.2) is 11.6 Å². The van der Waals surface area contributed by atoms with Crippen LogP contribution in [0, 0.1) is 5.92 Å². The summed E-state index contributed by atoms with van der Waals surface area (Å²) in [6, 6.07) is 0. The van der Waals surface area contributed by atoms with Gasteiger partial charge in [0.15, 0.2) is 0 Å². The second-order valence-corrected chi connectivity index (χ2v) is 4.21. The molecule has 0 aromatic carbocycles. The van der Waals surface area contributed by atoms with E-state index in [4.69, 9.17) is 0 Å². The van der Waals surface area contributed by atoms with Crippen molar-refractivity contribution < 1.29 is 9.59 Å². The van der Waals surface area contributed by atoms with E-state index in [1.54, 1.807) is 0 Å². The Morgan fingerprint density at radius 3 is 2.43 bits per heavy atom. The molecule has 1 aliphatic rings. The normalized spacial score (nSPS) is 26.2. The monoisotopic (exact) mass is 196 g/mol. The molecule has 0 spiro atoms. The first kappa shape index (κ1) is 11.4. The molecule has 1 fully saturated rings. The number of carbonyl (C=O) groups is 2. The molecule has 0 bridgehead atoms. The van der Waals surface area contributed by atoms with Crippen LogP contribution in [0.4, 0.5) is 0 Å². The van der Waals surface area contributed by atoms with E-state index in [-0.39, 0.29) is 5.92 Å². The fourth-order valence-corrected chi connectivity index (χ4v) is 2.09. The van der Waals surface area contributed by atoms with Crippen molar-refractivity contribution in [1.82, 2.24) is 0 Å². The average molecular weight is 196 g/mol. The van der Waals surface area contributed by atoms with Crippen LogP contribution in [0.1, 0.15) is 58.3 Å². The summed E-state index contributed by atoms with van der Waals surface area (Å²) in [5.74, 6) is 1.02. The molecule has 2 heteroatoms. The Morgan fingerprint density at radius 1 is 1.07 bits per heavy atom. The van der Waals surface area contributed by atoms with E-state index in [1.165, 1.54) is 0 Å². The molecule has 0 heterocycles. The number of rotatable bonds is 1. The van der Waals surface area contributed by atoms with Gasteiger partial charge in [0.05, 0.1) is 0 Å². The highest BCUT2D eigenvalue weighted by atomic mass is 16.1. The van der Waals surface area contributed by atoms with Crippen LogP contribution in [0.3, 0.4) is 0 Å². The largest absolute Gasteiger partial charge is 0.300 e. The fraction of sp³-hybridized carbons (Fsp3) is 0.833. The van der Waals surface area contributed by atoms with Gasteiger partial charge in [-0.05, 0) is 32.1 Å². The van der Waals surface area contributed by atoms with Crippen molar-refractivity contribution in [2.45, 2.75) is 58.3 Å². The van der Waals surface area contributed by atoms with Gasteiger partial charge in [-0.1, -0.05) is 6.92 Å². The molecule has 0 saturated heterocycles. The maximum Gasteiger partial charge on any atom is 0.135 e. The molecule has 1 atom stereocenters. The van der Waals surface area contributed by atoms with Crippen molar-refractivity contribution in [3.63, 3.8) is 0 Å². The van der Waals surface area contributed by atoms with E-state index in [2.05, 4.69) is 6.92 Å². The number of hydrogen-bond acceptors (Lipinski definition) is 2. The maximum absolute atomic E-state index is 11.7. The van der Waals surface area contributed by atoms with Crippen molar-refractivity contribution in [2.24, 2.45) is 5.92 Å². The van der Waals surface area contributed by atoms with Crippen molar-refractivity contribution in [2.75, 3.05) is 0 Å². The summed E-state index contributed by atoms with van der Waals surface area (Å²) in [7, 11) is 0. The maximum atomic E-state index is 11.7. The molecule has 14 heavy (non-hydrogen) atoms. The quantitative estimate of drug-likeness (QED) is 0.646. The molecule has 0 aliphatic heterocycles. The van der Waals surface area contributed by atoms with Crippen LogP contribution in [0.2, 0.25) is 0 Å². The van der Waals surface area contributed by atoms with E-state index >= 15 is 0 Å². The topological polar surface area (TPSA) is 34.1 Å². The third-order valence-corrected chi connectivity index (χ3v) is 3.09. The lowest BCUT2D eigenvalue weighted by atomic mass is 9.89. The van der Waals surface area contributed by atoms with Crippen LogP contribution in [0.25, 0.3) is 0 Å². The van der Waals surface area contributed by atoms with Gasteiger partial charge >= 0.3 is 0 Å². The van der Waals surface area contributed by atoms with Crippen LogP contribution in [-0.2, 0) is 9.59 Å². The van der Waals surface area contributed by atoms with E-state index in [1.807, 2.05) is 0 Å². The number of Topliss-reactive ketones (excluding diaryl/α,β-unsaturated/α-hetero) is 2. The molecule has 1 unspecified atom stereocenters. The van der Waals surface area contributed by atoms with E-state index in [0.717, 1.165) is 32.1 Å². The van der Waals surface area contributed by atoms with Gasteiger partial charge in [0, 0.05) is 25.2 Å². The Bertz CT molecular complexity index is 208. The molecule has 0 amide bonds. The summed E-state index contributed by atoms with van der Waals surface area (Å²) in [6.45, 7) is 2.07. The van der Waals surface area contributed by atoms with E-state index in [0.29, 0.717) is 30.8 Å². The van der Waals surface area contributed by atoms with Gasteiger partial charge in [-0.3, -0.25) is 9.59 Å². The fourth-order valence-electron chi connectivity index (χ4n) is 2.09. The summed E-state index contributed by atoms with van der Waals surface area (Å²) in [5.41, 5.74) is 0. The Hall–Kier alpha value is -0.660. The average Bonchev–Trinajstić information content (AvgIpc) is 2.18. The van der Waals surface area contributed by atoms with Gasteiger partial charge in [-0.15, -0.1) is 0 Å². The summed E-state index contributed by atoms with van der Waals surface area (Å²) in [5, 5.41) is 0. The Kier molecular flexibility index (Phi) is 4.85. The van der Waals surface area contributed by atoms with Crippen molar-refractivity contribution in [3.05, 3.63) is 0 Å². The van der Waals surface area contributed by atoms with Crippen molar-refractivity contribution in [1.29, 1.82) is 0 Å². The molecule has 2 nitrogen and oxygen atoms in total. The second-order valence-electron chi connectivity index (χ2n) is 4.21. The second kappa shape index (κ2) is 5.94. The molecular formula is C12H20O2. The molecule has 80 valence electrons. The number of carbonyl (C=O) groups excluding carboxylic acids is 2. The molecule has 1 aliphatic carbocycles. The summed E-state index contributed by atoms with van der Waals surface area (Å²) >= 11 is 0. The zero-order valence-corrected chi connectivity index (χ0v) is 9.05. The Morgan fingerprint density at radius 2 is 1.71 bits per heavy atom. The summed E-state index contributed by atoms with van der Waals surface area (Å²) < 4.78 is 0. The number of ketones is 2. The van der Waals surface area contributed by atoms with E-state index in [9.17, 15) is 9.59 Å². The standard InChI is InChI=1S/C12H20O2/c1-2-10-6-5-8-11(13)7-3-4-9-12(10)14/h10H,2-9H2,1H3. The van der Waals surface area contributed by atoms with Gasteiger partial charge in [-0.2, -0.15) is 0 Å². The minimum absolute atomic E-state index is 0.223. The van der Waals surface area contributed by atoms with Gasteiger partial charge < -0.3 is 0 Å². The molecular weight excluding hydrogens is 176 g/mol. The molecule has 0 radical (unpaired) electrons. The first-order chi connectivity index (χ1) is 6.74. The highest BCUT2D eigenvalue weighted by molar-refractivity contribution is 5.82. The lowest BCUT2D eigenvalue weighted by molar-refractivity contribution is -0.125. The third kappa shape index (κ3) is 3.60. The highest BCUT2D eigenvalue weighted by Crippen LogP contribution is 2.19. The lowest BCUT2D eigenvalue weighted by Gasteiger charge is -2.14. The molecule has 0 N–H and O–H groups in total.